The minimum absolute atomic E-state index is 0.354. The molecule has 1 heterocycles. The molecule has 0 aromatic rings. The SMILES string of the molecule is CCCCSC(=O)N1C(C)CCC2CCCCC21. The van der Waals surface area contributed by atoms with Crippen LogP contribution in [0.1, 0.15) is 65.2 Å². The highest BCUT2D eigenvalue weighted by molar-refractivity contribution is 8.13. The number of carbonyl (C=O) groups excluding carboxylic acids is 1. The normalized spacial score (nSPS) is 32.1. The van der Waals surface area contributed by atoms with Gasteiger partial charge < -0.3 is 4.90 Å². The maximum Gasteiger partial charge on any atom is 0.282 e. The van der Waals surface area contributed by atoms with E-state index in [1.165, 1.54) is 44.9 Å². The summed E-state index contributed by atoms with van der Waals surface area (Å²) in [6.07, 6.45) is 10.2. The number of thioether (sulfide) groups is 1. The van der Waals surface area contributed by atoms with E-state index in [1.807, 2.05) is 0 Å². The Balaban J connectivity index is 1.95. The number of piperidine rings is 1. The molecule has 0 aromatic heterocycles. The summed E-state index contributed by atoms with van der Waals surface area (Å²) >= 11 is 1.55. The first-order chi connectivity index (χ1) is 8.74. The molecule has 0 N–H and O–H groups in total. The Bertz CT molecular complexity index is 282. The molecule has 18 heavy (non-hydrogen) atoms. The Kier molecular flexibility index (Phi) is 5.40. The van der Waals surface area contributed by atoms with Gasteiger partial charge in [0.2, 0.25) is 0 Å². The Morgan fingerprint density at radius 1 is 1.22 bits per heavy atom. The van der Waals surface area contributed by atoms with Crippen LogP contribution in [0.15, 0.2) is 0 Å². The molecule has 2 fully saturated rings. The van der Waals surface area contributed by atoms with Gasteiger partial charge >= 0.3 is 0 Å². The van der Waals surface area contributed by atoms with Crippen LogP contribution in [0.4, 0.5) is 4.79 Å². The largest absolute Gasteiger partial charge is 0.328 e. The summed E-state index contributed by atoms with van der Waals surface area (Å²) in [6, 6.07) is 1.02. The van der Waals surface area contributed by atoms with E-state index >= 15 is 0 Å². The fourth-order valence-electron chi connectivity index (χ4n) is 3.51. The molecule has 2 rings (SSSR count). The van der Waals surface area contributed by atoms with Crippen LogP contribution < -0.4 is 0 Å². The standard InChI is InChI=1S/C15H27NOS/c1-3-4-11-18-15(17)16-12(2)9-10-13-7-5-6-8-14(13)16/h12-14H,3-11H2,1-2H3. The zero-order chi connectivity index (χ0) is 13.0. The number of rotatable bonds is 3. The Labute approximate surface area is 116 Å². The Hall–Kier alpha value is -0.180. The van der Waals surface area contributed by atoms with Gasteiger partial charge in [-0.25, -0.2) is 0 Å². The molecule has 1 amide bonds. The number of unbranched alkanes of at least 4 members (excludes halogenated alkanes) is 1. The third-order valence-corrected chi connectivity index (χ3v) is 5.54. The van der Waals surface area contributed by atoms with Crippen molar-refractivity contribution in [1.82, 2.24) is 4.90 Å². The van der Waals surface area contributed by atoms with Crippen molar-refractivity contribution in [3.8, 4) is 0 Å². The van der Waals surface area contributed by atoms with Crippen molar-refractivity contribution in [3.05, 3.63) is 0 Å². The van der Waals surface area contributed by atoms with E-state index in [2.05, 4.69) is 18.7 Å². The molecule has 104 valence electrons. The van der Waals surface area contributed by atoms with Crippen molar-refractivity contribution in [2.24, 2.45) is 5.92 Å². The summed E-state index contributed by atoms with van der Waals surface area (Å²) < 4.78 is 0. The molecule has 3 atom stereocenters. The predicted molar refractivity (Wildman–Crippen MR) is 79.0 cm³/mol. The van der Waals surface area contributed by atoms with E-state index in [0.29, 0.717) is 17.3 Å². The summed E-state index contributed by atoms with van der Waals surface area (Å²) in [5.41, 5.74) is 0. The minimum Gasteiger partial charge on any atom is -0.328 e. The average molecular weight is 269 g/mol. The van der Waals surface area contributed by atoms with Gasteiger partial charge in [0.25, 0.3) is 5.24 Å². The summed E-state index contributed by atoms with van der Waals surface area (Å²) in [5.74, 6) is 1.79. The minimum atomic E-state index is 0.354. The molecule has 1 aliphatic heterocycles. The third kappa shape index (κ3) is 3.23. The molecule has 1 aliphatic carbocycles. The van der Waals surface area contributed by atoms with Crippen LogP contribution in [0.5, 0.6) is 0 Å². The van der Waals surface area contributed by atoms with E-state index in [0.717, 1.165) is 18.1 Å². The second-order valence-electron chi connectivity index (χ2n) is 5.91. The van der Waals surface area contributed by atoms with Gasteiger partial charge in [0, 0.05) is 17.8 Å². The molecule has 3 heteroatoms. The number of nitrogens with zero attached hydrogens (tertiary/aromatic N) is 1. The quantitative estimate of drug-likeness (QED) is 0.693. The number of carbonyl (C=O) groups is 1. The van der Waals surface area contributed by atoms with Crippen LogP contribution in [-0.4, -0.2) is 28.0 Å². The summed E-state index contributed by atoms with van der Waals surface area (Å²) in [4.78, 5) is 14.7. The number of hydrogen-bond donors (Lipinski definition) is 0. The van der Waals surface area contributed by atoms with Crippen LogP contribution in [-0.2, 0) is 0 Å². The molecule has 0 spiro atoms. The fourth-order valence-corrected chi connectivity index (χ4v) is 4.58. The molecule has 2 aliphatic rings. The van der Waals surface area contributed by atoms with Gasteiger partial charge in [-0.2, -0.15) is 0 Å². The van der Waals surface area contributed by atoms with Crippen LogP contribution in [0.2, 0.25) is 0 Å². The van der Waals surface area contributed by atoms with E-state index in [9.17, 15) is 4.79 Å². The van der Waals surface area contributed by atoms with E-state index < -0.39 is 0 Å². The molecular formula is C15H27NOS. The van der Waals surface area contributed by atoms with Gasteiger partial charge in [-0.05, 0) is 44.9 Å². The van der Waals surface area contributed by atoms with Crippen LogP contribution in [0.3, 0.4) is 0 Å². The highest BCUT2D eigenvalue weighted by atomic mass is 32.2. The van der Waals surface area contributed by atoms with Crippen molar-refractivity contribution >= 4 is 17.0 Å². The van der Waals surface area contributed by atoms with Gasteiger partial charge in [0.15, 0.2) is 0 Å². The maximum atomic E-state index is 12.4. The first-order valence-electron chi connectivity index (χ1n) is 7.69. The molecule has 0 bridgehead atoms. The van der Waals surface area contributed by atoms with E-state index in [4.69, 9.17) is 0 Å². The van der Waals surface area contributed by atoms with E-state index in [1.54, 1.807) is 11.8 Å². The molecule has 3 unspecified atom stereocenters. The van der Waals surface area contributed by atoms with Gasteiger partial charge in [0.05, 0.1) is 0 Å². The highest BCUT2D eigenvalue weighted by Gasteiger charge is 2.39. The van der Waals surface area contributed by atoms with Crippen LogP contribution in [0.25, 0.3) is 0 Å². The second kappa shape index (κ2) is 6.83. The monoisotopic (exact) mass is 269 g/mol. The lowest BCUT2D eigenvalue weighted by Crippen LogP contribution is -2.52. The number of fused-ring (bicyclic) bond motifs is 1. The highest BCUT2D eigenvalue weighted by Crippen LogP contribution is 2.39. The third-order valence-electron chi connectivity index (χ3n) is 4.59. The molecule has 0 aromatic carbocycles. The topological polar surface area (TPSA) is 20.3 Å². The Morgan fingerprint density at radius 2 is 2.00 bits per heavy atom. The molecular weight excluding hydrogens is 242 g/mol. The second-order valence-corrected chi connectivity index (χ2v) is 6.96. The zero-order valence-corrected chi connectivity index (χ0v) is 12.7. The number of likely N-dealkylation sites (tertiary alicyclic amines) is 1. The smallest absolute Gasteiger partial charge is 0.282 e. The van der Waals surface area contributed by atoms with Crippen LogP contribution >= 0.6 is 11.8 Å². The van der Waals surface area contributed by atoms with Gasteiger partial charge in [-0.15, -0.1) is 0 Å². The van der Waals surface area contributed by atoms with Crippen molar-refractivity contribution < 1.29 is 4.79 Å². The lowest BCUT2D eigenvalue weighted by Gasteiger charge is -2.47. The average Bonchev–Trinajstić information content (AvgIpc) is 2.38. The molecule has 1 saturated heterocycles. The predicted octanol–water partition coefficient (Wildman–Crippen LogP) is 4.68. The van der Waals surface area contributed by atoms with Crippen molar-refractivity contribution in [1.29, 1.82) is 0 Å². The molecule has 0 radical (unpaired) electrons. The van der Waals surface area contributed by atoms with Gasteiger partial charge in [-0.3, -0.25) is 4.79 Å². The van der Waals surface area contributed by atoms with Crippen molar-refractivity contribution in [3.63, 3.8) is 0 Å². The lowest BCUT2D eigenvalue weighted by atomic mass is 9.77. The van der Waals surface area contributed by atoms with Crippen molar-refractivity contribution in [2.75, 3.05) is 5.75 Å². The molecule has 1 saturated carbocycles. The first-order valence-corrected chi connectivity index (χ1v) is 8.67. The van der Waals surface area contributed by atoms with Gasteiger partial charge in [0.1, 0.15) is 0 Å². The Morgan fingerprint density at radius 3 is 2.78 bits per heavy atom. The van der Waals surface area contributed by atoms with Crippen molar-refractivity contribution in [2.45, 2.75) is 77.3 Å². The zero-order valence-electron chi connectivity index (χ0n) is 11.9. The fraction of sp³-hybridized carbons (Fsp3) is 0.933. The summed E-state index contributed by atoms with van der Waals surface area (Å²) in [6.45, 7) is 4.43. The summed E-state index contributed by atoms with van der Waals surface area (Å²) in [5, 5.41) is 0.354. The van der Waals surface area contributed by atoms with Gasteiger partial charge in [-0.1, -0.05) is 37.9 Å². The number of amides is 1. The van der Waals surface area contributed by atoms with Crippen LogP contribution in [0, 0.1) is 5.92 Å². The first kappa shape index (κ1) is 14.2. The maximum absolute atomic E-state index is 12.4. The molecule has 2 nitrogen and oxygen atoms in total. The lowest BCUT2D eigenvalue weighted by molar-refractivity contribution is 0.0624. The summed E-state index contributed by atoms with van der Waals surface area (Å²) in [7, 11) is 0. The van der Waals surface area contributed by atoms with E-state index in [-0.39, 0.29) is 0 Å². The number of hydrogen-bond acceptors (Lipinski definition) is 2.